The van der Waals surface area contributed by atoms with Gasteiger partial charge in [-0.05, 0) is 38.3 Å². The lowest BCUT2D eigenvalue weighted by Gasteiger charge is -2.46. The molecular formula is C25H31F3N2O4. The van der Waals surface area contributed by atoms with Gasteiger partial charge in [-0.15, -0.1) is 0 Å². The number of aliphatic hydroxyl groups is 3. The van der Waals surface area contributed by atoms with Crippen molar-refractivity contribution in [3.8, 4) is 5.75 Å². The first-order valence-corrected chi connectivity index (χ1v) is 11.5. The minimum Gasteiger partial charge on any atom is -0.490 e. The van der Waals surface area contributed by atoms with E-state index in [2.05, 4.69) is 29.2 Å². The number of piperidine rings is 2. The molecular weight excluding hydrogens is 449 g/mol. The molecule has 2 aromatic rings. The highest BCUT2D eigenvalue weighted by molar-refractivity contribution is 5.48. The van der Waals surface area contributed by atoms with Crippen LogP contribution in [0.2, 0.25) is 0 Å². The molecule has 9 heteroatoms. The molecule has 186 valence electrons. The van der Waals surface area contributed by atoms with E-state index in [1.807, 2.05) is 11.8 Å². The Labute approximate surface area is 197 Å². The van der Waals surface area contributed by atoms with E-state index >= 15 is 0 Å². The number of ether oxygens (including phenoxy) is 1. The Bertz CT molecular complexity index is 975. The maximum Gasteiger partial charge on any atom is 0.194 e. The van der Waals surface area contributed by atoms with E-state index in [0.29, 0.717) is 51.2 Å². The highest BCUT2D eigenvalue weighted by Crippen LogP contribution is 2.31. The van der Waals surface area contributed by atoms with Gasteiger partial charge >= 0.3 is 0 Å². The highest BCUT2D eigenvalue weighted by atomic mass is 19.2. The van der Waals surface area contributed by atoms with E-state index in [4.69, 9.17) is 4.74 Å². The predicted molar refractivity (Wildman–Crippen MR) is 121 cm³/mol. The average molecular weight is 481 g/mol. The topological polar surface area (TPSA) is 76.4 Å². The number of benzene rings is 2. The van der Waals surface area contributed by atoms with Crippen molar-refractivity contribution in [3.05, 3.63) is 59.4 Å². The van der Waals surface area contributed by atoms with Gasteiger partial charge in [-0.1, -0.05) is 17.7 Å². The van der Waals surface area contributed by atoms with Gasteiger partial charge in [0.1, 0.15) is 18.0 Å². The lowest BCUT2D eigenvalue weighted by molar-refractivity contribution is -0.149. The van der Waals surface area contributed by atoms with Crippen LogP contribution in [-0.4, -0.2) is 76.9 Å². The van der Waals surface area contributed by atoms with Crippen LogP contribution in [0.5, 0.6) is 5.75 Å². The number of likely N-dealkylation sites (tertiary alicyclic amines) is 1. The van der Waals surface area contributed by atoms with Crippen molar-refractivity contribution >= 4 is 5.69 Å². The van der Waals surface area contributed by atoms with Crippen LogP contribution in [0.15, 0.2) is 36.4 Å². The molecule has 0 spiro atoms. The number of halogens is 3. The number of aryl methyl sites for hydroxylation is 1. The lowest BCUT2D eigenvalue weighted by atomic mass is 9.86. The van der Waals surface area contributed by atoms with E-state index in [0.717, 1.165) is 5.69 Å². The molecule has 34 heavy (non-hydrogen) atoms. The van der Waals surface area contributed by atoms with Gasteiger partial charge in [-0.3, -0.25) is 4.90 Å². The van der Waals surface area contributed by atoms with Crippen LogP contribution in [0.1, 0.15) is 24.8 Å². The molecule has 2 fully saturated rings. The average Bonchev–Trinajstić information content (AvgIpc) is 2.80. The summed E-state index contributed by atoms with van der Waals surface area (Å²) in [6.07, 6.45) is 0.251. The van der Waals surface area contributed by atoms with Gasteiger partial charge in [-0.25, -0.2) is 13.2 Å². The van der Waals surface area contributed by atoms with Crippen molar-refractivity contribution in [1.82, 2.24) is 4.90 Å². The Hall–Kier alpha value is -2.33. The van der Waals surface area contributed by atoms with E-state index in [1.54, 1.807) is 0 Å². The Kier molecular flexibility index (Phi) is 7.09. The normalized spacial score (nSPS) is 25.4. The molecule has 2 aromatic carbocycles. The second-order valence-corrected chi connectivity index (χ2v) is 9.66. The molecule has 0 radical (unpaired) electrons. The SMILES string of the molecule is Cc1ccc(N2CCC(O)(CN3CC[C@H](O)[C@@](O)(COc4cc(F)c(F)c(F)c4)C3)CC2)cc1. The summed E-state index contributed by atoms with van der Waals surface area (Å²) in [5.74, 6) is -4.67. The lowest BCUT2D eigenvalue weighted by Crippen LogP contribution is -2.62. The number of hydrogen-bond donors (Lipinski definition) is 3. The van der Waals surface area contributed by atoms with Crippen LogP contribution in [0.3, 0.4) is 0 Å². The first-order valence-electron chi connectivity index (χ1n) is 11.5. The summed E-state index contributed by atoms with van der Waals surface area (Å²) < 4.78 is 45.4. The molecule has 2 atom stereocenters. The van der Waals surface area contributed by atoms with Gasteiger partial charge < -0.3 is 25.0 Å². The quantitative estimate of drug-likeness (QED) is 0.552. The van der Waals surface area contributed by atoms with Crippen molar-refractivity contribution in [1.29, 1.82) is 0 Å². The van der Waals surface area contributed by atoms with E-state index in [-0.39, 0.29) is 18.7 Å². The Balaban J connectivity index is 1.34. The second kappa shape index (κ2) is 9.73. The first kappa shape index (κ1) is 24.8. The molecule has 0 aliphatic carbocycles. The highest BCUT2D eigenvalue weighted by Gasteiger charge is 2.44. The van der Waals surface area contributed by atoms with Crippen LogP contribution < -0.4 is 9.64 Å². The van der Waals surface area contributed by atoms with Crippen molar-refractivity contribution in [2.24, 2.45) is 0 Å². The number of aliphatic hydroxyl groups excluding tert-OH is 1. The third-order valence-electron chi connectivity index (χ3n) is 6.89. The zero-order valence-corrected chi connectivity index (χ0v) is 19.2. The molecule has 0 aromatic heterocycles. The molecule has 4 rings (SSSR count). The molecule has 0 amide bonds. The van der Waals surface area contributed by atoms with Crippen LogP contribution in [-0.2, 0) is 0 Å². The maximum absolute atomic E-state index is 13.4. The van der Waals surface area contributed by atoms with Crippen LogP contribution >= 0.6 is 0 Å². The zero-order valence-electron chi connectivity index (χ0n) is 19.2. The van der Waals surface area contributed by atoms with Crippen molar-refractivity contribution in [2.45, 2.75) is 43.5 Å². The summed E-state index contributed by atoms with van der Waals surface area (Å²) in [6, 6.07) is 9.66. The zero-order chi connectivity index (χ0) is 24.5. The van der Waals surface area contributed by atoms with Crippen LogP contribution in [0.25, 0.3) is 0 Å². The fourth-order valence-electron chi connectivity index (χ4n) is 4.76. The minimum absolute atomic E-state index is 0.0182. The van der Waals surface area contributed by atoms with Crippen molar-refractivity contribution in [3.63, 3.8) is 0 Å². The number of hydrogen-bond acceptors (Lipinski definition) is 6. The van der Waals surface area contributed by atoms with Gasteiger partial charge in [0, 0.05) is 50.5 Å². The first-order chi connectivity index (χ1) is 16.1. The summed E-state index contributed by atoms with van der Waals surface area (Å²) in [7, 11) is 0. The number of anilines is 1. The number of β-amino-alcohol motifs (C(OH)–C–C–N with tert-alkyl or cyclic N) is 2. The molecule has 3 N–H and O–H groups in total. The predicted octanol–water partition coefficient (Wildman–Crippen LogP) is 2.62. The van der Waals surface area contributed by atoms with Gasteiger partial charge in [-0.2, -0.15) is 0 Å². The molecule has 6 nitrogen and oxygen atoms in total. The van der Waals surface area contributed by atoms with Crippen LogP contribution in [0.4, 0.5) is 18.9 Å². The molecule has 0 saturated carbocycles. The van der Waals surface area contributed by atoms with Gasteiger partial charge in [0.25, 0.3) is 0 Å². The fraction of sp³-hybridized carbons (Fsp3) is 0.520. The Morgan fingerprint density at radius 2 is 1.62 bits per heavy atom. The molecule has 0 unspecified atom stereocenters. The standard InChI is InChI=1S/C25H31F3N2O4/c1-17-2-4-18(5-3-17)30-10-7-24(32,8-11-30)14-29-9-6-22(31)25(33,15-29)16-34-19-12-20(26)23(28)21(27)13-19/h2-5,12-13,22,31-33H,6-11,14-16H2,1H3/t22-,25-/m0/s1. The van der Waals surface area contributed by atoms with E-state index in [9.17, 15) is 28.5 Å². The van der Waals surface area contributed by atoms with Gasteiger partial charge in [0.2, 0.25) is 0 Å². The Morgan fingerprint density at radius 3 is 2.24 bits per heavy atom. The maximum atomic E-state index is 13.4. The summed E-state index contributed by atoms with van der Waals surface area (Å²) in [5, 5.41) is 32.6. The van der Waals surface area contributed by atoms with Crippen molar-refractivity contribution in [2.75, 3.05) is 44.2 Å². The van der Waals surface area contributed by atoms with Crippen molar-refractivity contribution < 1.29 is 33.2 Å². The van der Waals surface area contributed by atoms with E-state index in [1.165, 1.54) is 5.56 Å². The summed E-state index contributed by atoms with van der Waals surface area (Å²) in [5.41, 5.74) is -0.336. The number of rotatable bonds is 6. The molecule has 0 bridgehead atoms. The Morgan fingerprint density at radius 1 is 1.00 bits per heavy atom. The number of nitrogens with zero attached hydrogens (tertiary/aromatic N) is 2. The summed E-state index contributed by atoms with van der Waals surface area (Å²) in [6.45, 7) is 3.82. The minimum atomic E-state index is -1.71. The van der Waals surface area contributed by atoms with Crippen LogP contribution in [0, 0.1) is 24.4 Å². The summed E-state index contributed by atoms with van der Waals surface area (Å²) >= 11 is 0. The second-order valence-electron chi connectivity index (χ2n) is 9.66. The fourth-order valence-corrected chi connectivity index (χ4v) is 4.76. The largest absolute Gasteiger partial charge is 0.490 e. The monoisotopic (exact) mass is 480 g/mol. The third kappa shape index (κ3) is 5.49. The third-order valence-corrected chi connectivity index (χ3v) is 6.89. The molecule has 2 aliphatic heterocycles. The smallest absolute Gasteiger partial charge is 0.194 e. The van der Waals surface area contributed by atoms with Gasteiger partial charge in [0.15, 0.2) is 17.5 Å². The molecule has 2 heterocycles. The van der Waals surface area contributed by atoms with E-state index < -0.39 is 41.4 Å². The molecule has 2 aliphatic rings. The van der Waals surface area contributed by atoms with Gasteiger partial charge in [0.05, 0.1) is 11.7 Å². The molecule has 2 saturated heterocycles. The summed E-state index contributed by atoms with van der Waals surface area (Å²) in [4.78, 5) is 4.11.